The largest absolute Gasteiger partial charge is 0.379 e. The lowest BCUT2D eigenvalue weighted by Crippen LogP contribution is -2.37. The van der Waals surface area contributed by atoms with Crippen LogP contribution < -0.4 is 4.18 Å². The van der Waals surface area contributed by atoms with Gasteiger partial charge in [0.15, 0.2) is 0 Å². The standard InChI is InChI=1S/C28H39ClN2O4S/c1-3-18-30(19-7-8-21-31-20-6-4-5-9-28(31)32)23(2)22-24-10-14-26(15-11-24)35-36(33,34)27-16-12-25(29)13-17-27/h10-17,23H,3-9,18-22H2,1-2H3. The molecule has 1 saturated heterocycles. The molecule has 1 amide bonds. The van der Waals surface area contributed by atoms with Gasteiger partial charge in [-0.25, -0.2) is 0 Å². The molecule has 1 fully saturated rings. The van der Waals surface area contributed by atoms with Crippen molar-refractivity contribution in [2.24, 2.45) is 0 Å². The van der Waals surface area contributed by atoms with Gasteiger partial charge in [-0.2, -0.15) is 8.42 Å². The van der Waals surface area contributed by atoms with E-state index in [2.05, 4.69) is 23.6 Å². The van der Waals surface area contributed by atoms with Crippen molar-refractivity contribution < 1.29 is 17.4 Å². The quantitative estimate of drug-likeness (QED) is 0.235. The van der Waals surface area contributed by atoms with Crippen LogP contribution in [0.3, 0.4) is 0 Å². The van der Waals surface area contributed by atoms with Gasteiger partial charge in [0.2, 0.25) is 5.91 Å². The molecule has 0 spiro atoms. The van der Waals surface area contributed by atoms with Gasteiger partial charge in [-0.05, 0) is 100 Å². The zero-order chi connectivity index (χ0) is 26.0. The first kappa shape index (κ1) is 28.5. The normalized spacial score (nSPS) is 15.7. The maximum Gasteiger partial charge on any atom is 0.339 e. The first-order valence-corrected chi connectivity index (χ1v) is 14.9. The Morgan fingerprint density at radius 1 is 1.00 bits per heavy atom. The summed E-state index contributed by atoms with van der Waals surface area (Å²) in [6.07, 6.45) is 8.09. The molecule has 1 unspecified atom stereocenters. The van der Waals surface area contributed by atoms with Crippen molar-refractivity contribution in [3.05, 3.63) is 59.1 Å². The summed E-state index contributed by atoms with van der Waals surface area (Å²) in [5, 5.41) is 0.469. The van der Waals surface area contributed by atoms with E-state index < -0.39 is 10.1 Å². The lowest BCUT2D eigenvalue weighted by molar-refractivity contribution is -0.130. The van der Waals surface area contributed by atoms with Gasteiger partial charge in [0.1, 0.15) is 10.6 Å². The number of benzene rings is 2. The van der Waals surface area contributed by atoms with Crippen molar-refractivity contribution in [2.75, 3.05) is 26.2 Å². The summed E-state index contributed by atoms with van der Waals surface area (Å²) in [4.78, 5) is 16.8. The average Bonchev–Trinajstić information content (AvgIpc) is 3.06. The molecule has 1 aliphatic rings. The van der Waals surface area contributed by atoms with E-state index in [9.17, 15) is 13.2 Å². The number of hydrogen-bond donors (Lipinski definition) is 0. The summed E-state index contributed by atoms with van der Waals surface area (Å²) in [6.45, 7) is 8.26. The number of likely N-dealkylation sites (tertiary alicyclic amines) is 1. The molecule has 2 aromatic rings. The SMILES string of the molecule is CCCN(CCCCN1CCCCCC1=O)C(C)Cc1ccc(OS(=O)(=O)c2ccc(Cl)cc2)cc1. The van der Waals surface area contributed by atoms with Crippen molar-refractivity contribution in [3.63, 3.8) is 0 Å². The third kappa shape index (κ3) is 8.79. The summed E-state index contributed by atoms with van der Waals surface area (Å²) in [5.74, 6) is 0.606. The Bertz CT molecular complexity index is 1060. The minimum Gasteiger partial charge on any atom is -0.379 e. The van der Waals surface area contributed by atoms with Gasteiger partial charge in [0.05, 0.1) is 0 Å². The van der Waals surface area contributed by atoms with Crippen LogP contribution in [0.2, 0.25) is 5.02 Å². The molecule has 8 heteroatoms. The van der Waals surface area contributed by atoms with Gasteiger partial charge in [-0.3, -0.25) is 4.79 Å². The number of rotatable bonds is 13. The number of carbonyl (C=O) groups is 1. The van der Waals surface area contributed by atoms with Crippen LogP contribution in [0.5, 0.6) is 5.75 Å². The maximum absolute atomic E-state index is 12.5. The number of unbranched alkanes of at least 4 members (excludes halogenated alkanes) is 1. The van der Waals surface area contributed by atoms with Crippen LogP contribution in [0.15, 0.2) is 53.4 Å². The fourth-order valence-corrected chi connectivity index (χ4v) is 5.72. The van der Waals surface area contributed by atoms with Crippen molar-refractivity contribution in [3.8, 4) is 5.75 Å². The third-order valence-electron chi connectivity index (χ3n) is 6.69. The second kappa shape index (κ2) is 14.0. The minimum atomic E-state index is -3.90. The lowest BCUT2D eigenvalue weighted by Gasteiger charge is -2.29. The van der Waals surface area contributed by atoms with Crippen LogP contribution >= 0.6 is 11.6 Å². The van der Waals surface area contributed by atoms with E-state index in [0.29, 0.717) is 23.4 Å². The fourth-order valence-electron chi connectivity index (χ4n) is 4.66. The van der Waals surface area contributed by atoms with Crippen LogP contribution in [0.4, 0.5) is 0 Å². The summed E-state index contributed by atoms with van der Waals surface area (Å²) in [6, 6.07) is 13.5. The second-order valence-corrected chi connectivity index (χ2v) is 11.6. The van der Waals surface area contributed by atoms with Crippen molar-refractivity contribution in [1.82, 2.24) is 9.80 Å². The van der Waals surface area contributed by atoms with Gasteiger partial charge in [-0.1, -0.05) is 37.1 Å². The van der Waals surface area contributed by atoms with E-state index in [4.69, 9.17) is 15.8 Å². The first-order valence-electron chi connectivity index (χ1n) is 13.1. The predicted octanol–water partition coefficient (Wildman–Crippen LogP) is 5.93. The van der Waals surface area contributed by atoms with Crippen LogP contribution in [-0.2, 0) is 21.3 Å². The first-order chi connectivity index (χ1) is 17.3. The highest BCUT2D eigenvalue weighted by molar-refractivity contribution is 7.87. The molecule has 3 rings (SSSR count). The summed E-state index contributed by atoms with van der Waals surface area (Å²) in [5.41, 5.74) is 1.13. The van der Waals surface area contributed by atoms with Crippen molar-refractivity contribution >= 4 is 27.6 Å². The lowest BCUT2D eigenvalue weighted by atomic mass is 10.0. The molecule has 36 heavy (non-hydrogen) atoms. The molecule has 2 aromatic carbocycles. The maximum atomic E-state index is 12.5. The van der Waals surface area contributed by atoms with Crippen LogP contribution in [0.1, 0.15) is 64.4 Å². The fraction of sp³-hybridized carbons (Fsp3) is 0.536. The van der Waals surface area contributed by atoms with E-state index in [-0.39, 0.29) is 10.6 Å². The van der Waals surface area contributed by atoms with Crippen molar-refractivity contribution in [2.45, 2.75) is 76.2 Å². The number of halogens is 1. The van der Waals surface area contributed by atoms with E-state index >= 15 is 0 Å². The highest BCUT2D eigenvalue weighted by atomic mass is 35.5. The van der Waals surface area contributed by atoms with E-state index in [1.54, 1.807) is 12.1 Å². The Morgan fingerprint density at radius 3 is 2.42 bits per heavy atom. The zero-order valence-electron chi connectivity index (χ0n) is 21.5. The summed E-state index contributed by atoms with van der Waals surface area (Å²) >= 11 is 5.85. The van der Waals surface area contributed by atoms with E-state index in [0.717, 1.165) is 76.7 Å². The van der Waals surface area contributed by atoms with Crippen LogP contribution in [0.25, 0.3) is 0 Å². The molecule has 6 nitrogen and oxygen atoms in total. The number of nitrogens with zero attached hydrogens (tertiary/aromatic N) is 2. The predicted molar refractivity (Wildman–Crippen MR) is 145 cm³/mol. The van der Waals surface area contributed by atoms with Gasteiger partial charge in [0, 0.05) is 30.6 Å². The molecule has 0 N–H and O–H groups in total. The smallest absolute Gasteiger partial charge is 0.339 e. The molecule has 1 atom stereocenters. The van der Waals surface area contributed by atoms with E-state index in [1.165, 1.54) is 24.3 Å². The Hall–Kier alpha value is -2.09. The van der Waals surface area contributed by atoms with E-state index in [1.807, 2.05) is 12.1 Å². The highest BCUT2D eigenvalue weighted by Gasteiger charge is 2.19. The van der Waals surface area contributed by atoms with Gasteiger partial charge >= 0.3 is 10.1 Å². The molecule has 0 aliphatic carbocycles. The second-order valence-electron chi connectivity index (χ2n) is 9.62. The molecule has 0 saturated carbocycles. The highest BCUT2D eigenvalue weighted by Crippen LogP contribution is 2.22. The average molecular weight is 535 g/mol. The zero-order valence-corrected chi connectivity index (χ0v) is 23.1. The number of amides is 1. The number of carbonyl (C=O) groups excluding carboxylic acids is 1. The van der Waals surface area contributed by atoms with Crippen LogP contribution in [0, 0.1) is 0 Å². The molecule has 198 valence electrons. The molecule has 1 heterocycles. The molecule has 1 aliphatic heterocycles. The Balaban J connectivity index is 1.49. The van der Waals surface area contributed by atoms with Crippen LogP contribution in [-0.4, -0.2) is 56.3 Å². The molecule has 0 aromatic heterocycles. The number of hydrogen-bond acceptors (Lipinski definition) is 5. The monoisotopic (exact) mass is 534 g/mol. The Labute approximate surface area is 221 Å². The third-order valence-corrected chi connectivity index (χ3v) is 8.20. The molecule has 0 radical (unpaired) electrons. The van der Waals surface area contributed by atoms with Gasteiger partial charge in [0.25, 0.3) is 0 Å². The van der Waals surface area contributed by atoms with Gasteiger partial charge in [-0.15, -0.1) is 0 Å². The molecular formula is C28H39ClN2O4S. The summed E-state index contributed by atoms with van der Waals surface area (Å²) in [7, 11) is -3.90. The molecule has 0 bridgehead atoms. The molecular weight excluding hydrogens is 496 g/mol. The van der Waals surface area contributed by atoms with Gasteiger partial charge < -0.3 is 14.0 Å². The Kier molecular flexibility index (Phi) is 11.1. The summed E-state index contributed by atoms with van der Waals surface area (Å²) < 4.78 is 30.3. The minimum absolute atomic E-state index is 0.0695. The Morgan fingerprint density at radius 2 is 1.72 bits per heavy atom. The topological polar surface area (TPSA) is 66.9 Å². The van der Waals surface area contributed by atoms with Crippen molar-refractivity contribution in [1.29, 1.82) is 0 Å².